The molecule has 0 N–H and O–H groups in total. The zero-order chi connectivity index (χ0) is 27.5. The van der Waals surface area contributed by atoms with E-state index in [2.05, 4.69) is 28.0 Å². The number of amides is 2. The maximum atomic E-state index is 13.9. The Morgan fingerprint density at radius 2 is 1.90 bits per heavy atom. The normalized spacial score (nSPS) is 20.4. The third-order valence-corrected chi connectivity index (χ3v) is 9.32. The van der Waals surface area contributed by atoms with Crippen molar-refractivity contribution in [2.75, 3.05) is 18.0 Å². The maximum Gasteiger partial charge on any atom is 0.223 e. The molecule has 4 heterocycles. The molecule has 1 aromatic carbocycles. The number of para-hydroxylation sites is 1. The van der Waals surface area contributed by atoms with Crippen molar-refractivity contribution >= 4 is 28.8 Å². The molecule has 2 unspecified atom stereocenters. The van der Waals surface area contributed by atoms with Crippen molar-refractivity contribution in [1.82, 2.24) is 24.6 Å². The van der Waals surface area contributed by atoms with Crippen LogP contribution in [0.1, 0.15) is 66.6 Å². The van der Waals surface area contributed by atoms with Gasteiger partial charge in [0.25, 0.3) is 0 Å². The molecule has 8 nitrogen and oxygen atoms in total. The molecule has 1 fully saturated rings. The van der Waals surface area contributed by atoms with Gasteiger partial charge in [0.15, 0.2) is 0 Å². The molecule has 208 valence electrons. The maximum absolute atomic E-state index is 13.9. The molecule has 2 atom stereocenters. The summed E-state index contributed by atoms with van der Waals surface area (Å²) in [6.07, 6.45) is 7.19. The van der Waals surface area contributed by atoms with E-state index >= 15 is 0 Å². The lowest BCUT2D eigenvalue weighted by Crippen LogP contribution is -2.52. The first-order valence-electron chi connectivity index (χ1n) is 14.1. The van der Waals surface area contributed by atoms with E-state index in [-0.39, 0.29) is 17.9 Å². The number of anilines is 1. The molecule has 0 saturated carbocycles. The third-order valence-electron chi connectivity index (χ3n) is 8.56. The Morgan fingerprint density at radius 1 is 1.10 bits per heavy atom. The van der Waals surface area contributed by atoms with Crippen LogP contribution in [0.25, 0.3) is 0 Å². The lowest BCUT2D eigenvalue weighted by atomic mass is 9.92. The summed E-state index contributed by atoms with van der Waals surface area (Å²) < 4.78 is 1.90. The molecule has 2 aromatic heterocycles. The standard InChI is InChI=1S/C30H40N6O2S/c1-21-27(22(2)33(4)32-21)12-13-30(38)34-18-24-8-5-6-11-28(24)35(23(3)37)16-14-25-9-7-10-26(19-34)36(25)20-29-31-15-17-39-29/h5-6,8,11,15,17,25-26H,7,9-10,12-14,16,18-20H2,1-4H3. The fourth-order valence-electron chi connectivity index (χ4n) is 6.39. The Labute approximate surface area is 235 Å². The van der Waals surface area contributed by atoms with Gasteiger partial charge in [-0.25, -0.2) is 4.98 Å². The van der Waals surface area contributed by atoms with Crippen LogP contribution in [0.3, 0.4) is 0 Å². The number of hydrogen-bond acceptors (Lipinski definition) is 6. The fourth-order valence-corrected chi connectivity index (χ4v) is 7.01. The summed E-state index contributed by atoms with van der Waals surface area (Å²) in [6, 6.07) is 8.69. The SMILES string of the molecule is CC(=O)N1CCC2CCCC(CN(C(=O)CCc3c(C)nn(C)c3C)Cc3ccccc31)N2Cc1nccs1. The van der Waals surface area contributed by atoms with Gasteiger partial charge in [0, 0.05) is 75.1 Å². The number of benzene rings is 1. The lowest BCUT2D eigenvalue weighted by molar-refractivity contribution is -0.133. The van der Waals surface area contributed by atoms with Crippen molar-refractivity contribution in [2.24, 2.45) is 7.05 Å². The fraction of sp³-hybridized carbons (Fsp3) is 0.533. The van der Waals surface area contributed by atoms with E-state index in [1.54, 1.807) is 18.3 Å². The van der Waals surface area contributed by atoms with E-state index in [0.717, 1.165) is 65.4 Å². The van der Waals surface area contributed by atoms with Crippen LogP contribution in [0.2, 0.25) is 0 Å². The Bertz CT molecular complexity index is 1300. The first-order valence-corrected chi connectivity index (χ1v) is 15.0. The molecule has 0 spiro atoms. The quantitative estimate of drug-likeness (QED) is 0.465. The summed E-state index contributed by atoms with van der Waals surface area (Å²) >= 11 is 1.69. The van der Waals surface area contributed by atoms with Gasteiger partial charge < -0.3 is 9.80 Å². The van der Waals surface area contributed by atoms with Crippen LogP contribution in [0.5, 0.6) is 0 Å². The van der Waals surface area contributed by atoms with Gasteiger partial charge in [-0.3, -0.25) is 19.2 Å². The Hall–Kier alpha value is -3.04. The summed E-state index contributed by atoms with van der Waals surface area (Å²) in [5.41, 5.74) is 5.22. The van der Waals surface area contributed by atoms with Gasteiger partial charge in [0.05, 0.1) is 12.2 Å². The van der Waals surface area contributed by atoms with Crippen molar-refractivity contribution in [1.29, 1.82) is 0 Å². The average molecular weight is 549 g/mol. The Kier molecular flexibility index (Phi) is 8.47. The zero-order valence-corrected chi connectivity index (χ0v) is 24.4. The van der Waals surface area contributed by atoms with E-state index in [1.807, 2.05) is 58.2 Å². The molecule has 2 bridgehead atoms. The summed E-state index contributed by atoms with van der Waals surface area (Å²) in [5.74, 6) is 0.193. The van der Waals surface area contributed by atoms with E-state index in [9.17, 15) is 9.59 Å². The minimum absolute atomic E-state index is 0.0425. The van der Waals surface area contributed by atoms with Crippen molar-refractivity contribution in [2.45, 2.75) is 84.5 Å². The lowest BCUT2D eigenvalue weighted by Gasteiger charge is -2.43. The van der Waals surface area contributed by atoms with Gasteiger partial charge in [-0.2, -0.15) is 5.10 Å². The molecule has 5 rings (SSSR count). The van der Waals surface area contributed by atoms with Crippen LogP contribution in [0, 0.1) is 13.8 Å². The highest BCUT2D eigenvalue weighted by atomic mass is 32.1. The second-order valence-corrected chi connectivity index (χ2v) is 12.0. The van der Waals surface area contributed by atoms with Gasteiger partial charge in [-0.05, 0) is 56.7 Å². The second kappa shape index (κ2) is 12.0. The smallest absolute Gasteiger partial charge is 0.223 e. The van der Waals surface area contributed by atoms with Crippen LogP contribution >= 0.6 is 11.3 Å². The molecular formula is C30H40N6O2S. The Balaban J connectivity index is 1.48. The number of thiazole rings is 1. The molecule has 0 radical (unpaired) electrons. The van der Waals surface area contributed by atoms with Crippen molar-refractivity contribution in [3.05, 3.63) is 63.4 Å². The predicted octanol–water partition coefficient (Wildman–Crippen LogP) is 4.63. The van der Waals surface area contributed by atoms with Crippen molar-refractivity contribution < 1.29 is 9.59 Å². The van der Waals surface area contributed by atoms with E-state index < -0.39 is 0 Å². The van der Waals surface area contributed by atoms with Gasteiger partial charge in [0.1, 0.15) is 5.01 Å². The summed E-state index contributed by atoms with van der Waals surface area (Å²) in [7, 11) is 1.95. The molecule has 2 amide bonds. The number of piperidine rings is 1. The van der Waals surface area contributed by atoms with Gasteiger partial charge in [-0.15, -0.1) is 11.3 Å². The van der Waals surface area contributed by atoms with Crippen LogP contribution in [0.4, 0.5) is 5.69 Å². The second-order valence-electron chi connectivity index (χ2n) is 11.0. The van der Waals surface area contributed by atoms with Crippen LogP contribution in [-0.4, -0.2) is 61.6 Å². The minimum atomic E-state index is 0.0425. The van der Waals surface area contributed by atoms with Gasteiger partial charge in [-0.1, -0.05) is 24.6 Å². The molecule has 9 heteroatoms. The molecule has 39 heavy (non-hydrogen) atoms. The van der Waals surface area contributed by atoms with E-state index in [4.69, 9.17) is 0 Å². The Morgan fingerprint density at radius 3 is 2.62 bits per heavy atom. The molecule has 2 aliphatic rings. The number of nitrogens with zero attached hydrogens (tertiary/aromatic N) is 6. The highest BCUT2D eigenvalue weighted by molar-refractivity contribution is 7.09. The highest BCUT2D eigenvalue weighted by Gasteiger charge is 2.35. The number of fused-ring (bicyclic) bond motifs is 3. The topological polar surface area (TPSA) is 74.6 Å². The highest BCUT2D eigenvalue weighted by Crippen LogP contribution is 2.32. The summed E-state index contributed by atoms with van der Waals surface area (Å²) in [5, 5.41) is 7.68. The first-order chi connectivity index (χ1) is 18.8. The third kappa shape index (κ3) is 6.09. The number of aryl methyl sites for hydroxylation is 2. The number of rotatable bonds is 5. The van der Waals surface area contributed by atoms with Crippen LogP contribution in [0.15, 0.2) is 35.8 Å². The number of aromatic nitrogens is 3. The number of hydrogen-bond donors (Lipinski definition) is 0. The van der Waals surface area contributed by atoms with Gasteiger partial charge >= 0.3 is 0 Å². The monoisotopic (exact) mass is 548 g/mol. The molecular weight excluding hydrogens is 508 g/mol. The summed E-state index contributed by atoms with van der Waals surface area (Å²) in [4.78, 5) is 38.0. The summed E-state index contributed by atoms with van der Waals surface area (Å²) in [6.45, 7) is 8.37. The van der Waals surface area contributed by atoms with Gasteiger partial charge in [0.2, 0.25) is 11.8 Å². The number of carbonyl (C=O) groups excluding carboxylic acids is 2. The molecule has 2 aliphatic heterocycles. The average Bonchev–Trinajstić information content (AvgIpc) is 3.51. The van der Waals surface area contributed by atoms with E-state index in [0.29, 0.717) is 38.5 Å². The number of carbonyl (C=O) groups is 2. The minimum Gasteiger partial charge on any atom is -0.337 e. The van der Waals surface area contributed by atoms with E-state index in [1.165, 1.54) is 0 Å². The predicted molar refractivity (Wildman–Crippen MR) is 155 cm³/mol. The zero-order valence-electron chi connectivity index (χ0n) is 23.6. The first kappa shape index (κ1) is 27.5. The molecule has 3 aromatic rings. The van der Waals surface area contributed by atoms with Crippen LogP contribution < -0.4 is 4.90 Å². The van der Waals surface area contributed by atoms with Crippen molar-refractivity contribution in [3.63, 3.8) is 0 Å². The largest absolute Gasteiger partial charge is 0.337 e. The molecule has 1 saturated heterocycles. The molecule has 0 aliphatic carbocycles. The van der Waals surface area contributed by atoms with Crippen LogP contribution in [-0.2, 0) is 36.1 Å². The van der Waals surface area contributed by atoms with Crippen molar-refractivity contribution in [3.8, 4) is 0 Å².